The normalized spacial score (nSPS) is 20.3. The van der Waals surface area contributed by atoms with Gasteiger partial charge < -0.3 is 26.3 Å². The van der Waals surface area contributed by atoms with Crippen molar-refractivity contribution in [3.63, 3.8) is 0 Å². The molecule has 0 unspecified atom stereocenters. The Kier molecular flexibility index (Phi) is 5.22. The lowest BCUT2D eigenvalue weighted by molar-refractivity contribution is 0.103. The lowest BCUT2D eigenvalue weighted by Gasteiger charge is -2.26. The van der Waals surface area contributed by atoms with Crippen molar-refractivity contribution in [3.8, 4) is 5.75 Å². The number of ether oxygens (including phenoxy) is 1. The zero-order valence-corrected chi connectivity index (χ0v) is 16.0. The SMILES string of the molecule is N/C(Oc1ccc(C(=O)c2nc3ccccc3[nH]2)cc1)=C(\N)[C@H]1CC[C@H](O)CC1. The van der Waals surface area contributed by atoms with E-state index in [0.717, 1.165) is 36.7 Å². The van der Waals surface area contributed by atoms with Gasteiger partial charge in [0.1, 0.15) is 5.75 Å². The number of carbonyl (C=O) groups is 1. The molecule has 0 radical (unpaired) electrons. The van der Waals surface area contributed by atoms with Crippen LogP contribution in [0.4, 0.5) is 0 Å². The van der Waals surface area contributed by atoms with E-state index in [1.54, 1.807) is 24.3 Å². The molecule has 0 amide bonds. The van der Waals surface area contributed by atoms with E-state index in [0.29, 0.717) is 22.8 Å². The van der Waals surface area contributed by atoms with Crippen LogP contribution in [-0.2, 0) is 0 Å². The summed E-state index contributed by atoms with van der Waals surface area (Å²) in [5.41, 5.74) is 14.8. The van der Waals surface area contributed by atoms with Gasteiger partial charge in [-0.1, -0.05) is 12.1 Å². The number of aliphatic hydroxyl groups excluding tert-OH is 1. The second kappa shape index (κ2) is 7.97. The number of aromatic nitrogens is 2. The van der Waals surface area contributed by atoms with E-state index in [4.69, 9.17) is 16.2 Å². The van der Waals surface area contributed by atoms with E-state index in [2.05, 4.69) is 9.97 Å². The van der Waals surface area contributed by atoms with Crippen molar-refractivity contribution in [2.75, 3.05) is 0 Å². The fourth-order valence-corrected chi connectivity index (χ4v) is 3.65. The molecule has 0 spiro atoms. The third kappa shape index (κ3) is 4.09. The lowest BCUT2D eigenvalue weighted by Crippen LogP contribution is -2.26. The molecule has 29 heavy (non-hydrogen) atoms. The lowest BCUT2D eigenvalue weighted by atomic mass is 9.85. The fraction of sp³-hybridized carbons (Fsp3) is 0.273. The molecule has 0 bridgehead atoms. The second-order valence-corrected chi connectivity index (χ2v) is 7.38. The number of nitrogens with one attached hydrogen (secondary N) is 1. The van der Waals surface area contributed by atoms with E-state index in [1.807, 2.05) is 24.3 Å². The Balaban J connectivity index is 1.46. The number of nitrogens with zero attached hydrogens (tertiary/aromatic N) is 1. The van der Waals surface area contributed by atoms with Gasteiger partial charge in [-0.15, -0.1) is 0 Å². The summed E-state index contributed by atoms with van der Waals surface area (Å²) in [6, 6.07) is 14.2. The number of ketones is 1. The van der Waals surface area contributed by atoms with Crippen molar-refractivity contribution in [2.45, 2.75) is 31.8 Å². The van der Waals surface area contributed by atoms with Gasteiger partial charge in [-0.25, -0.2) is 4.98 Å². The summed E-state index contributed by atoms with van der Waals surface area (Å²) < 4.78 is 5.68. The molecule has 0 saturated heterocycles. The van der Waals surface area contributed by atoms with Crippen LogP contribution in [0.5, 0.6) is 5.75 Å². The summed E-state index contributed by atoms with van der Waals surface area (Å²) in [6.07, 6.45) is 2.77. The number of aliphatic hydroxyl groups is 1. The predicted molar refractivity (Wildman–Crippen MR) is 110 cm³/mol. The summed E-state index contributed by atoms with van der Waals surface area (Å²) in [5.74, 6) is 0.886. The number of H-pyrrole nitrogens is 1. The number of rotatable bonds is 5. The van der Waals surface area contributed by atoms with Gasteiger partial charge in [-0.05, 0) is 62.1 Å². The van der Waals surface area contributed by atoms with Crippen LogP contribution in [-0.4, -0.2) is 27.0 Å². The van der Waals surface area contributed by atoms with E-state index >= 15 is 0 Å². The number of hydrogen-bond acceptors (Lipinski definition) is 6. The topological polar surface area (TPSA) is 127 Å². The van der Waals surface area contributed by atoms with Crippen LogP contribution in [0, 0.1) is 5.92 Å². The van der Waals surface area contributed by atoms with Crippen LogP contribution >= 0.6 is 0 Å². The molecule has 1 aliphatic rings. The van der Waals surface area contributed by atoms with Crippen molar-refractivity contribution >= 4 is 16.8 Å². The van der Waals surface area contributed by atoms with Crippen LogP contribution in [0.25, 0.3) is 11.0 Å². The molecule has 1 aromatic heterocycles. The highest BCUT2D eigenvalue weighted by Gasteiger charge is 2.23. The molecular formula is C22H24N4O3. The highest BCUT2D eigenvalue weighted by molar-refractivity contribution is 6.08. The quantitative estimate of drug-likeness (QED) is 0.391. The van der Waals surface area contributed by atoms with Gasteiger partial charge in [0.2, 0.25) is 11.7 Å². The molecular weight excluding hydrogens is 368 g/mol. The minimum Gasteiger partial charge on any atom is -0.440 e. The first-order valence-electron chi connectivity index (χ1n) is 9.72. The Labute approximate surface area is 168 Å². The fourth-order valence-electron chi connectivity index (χ4n) is 3.65. The first kappa shape index (κ1) is 19.0. The maximum atomic E-state index is 12.7. The second-order valence-electron chi connectivity index (χ2n) is 7.38. The van der Waals surface area contributed by atoms with Gasteiger partial charge in [0.15, 0.2) is 5.82 Å². The van der Waals surface area contributed by atoms with Gasteiger partial charge in [0, 0.05) is 11.5 Å². The minimum atomic E-state index is -0.252. The van der Waals surface area contributed by atoms with Crippen LogP contribution in [0.15, 0.2) is 60.1 Å². The van der Waals surface area contributed by atoms with E-state index in [9.17, 15) is 9.90 Å². The molecule has 3 aromatic rings. The molecule has 0 aliphatic heterocycles. The van der Waals surface area contributed by atoms with Gasteiger partial charge in [0.05, 0.1) is 22.8 Å². The number of aromatic amines is 1. The van der Waals surface area contributed by atoms with E-state index in [1.165, 1.54) is 0 Å². The van der Waals surface area contributed by atoms with Gasteiger partial charge in [-0.2, -0.15) is 0 Å². The predicted octanol–water partition coefficient (Wildman–Crippen LogP) is 2.81. The van der Waals surface area contributed by atoms with Crippen molar-refractivity contribution in [1.82, 2.24) is 9.97 Å². The summed E-state index contributed by atoms with van der Waals surface area (Å²) in [4.78, 5) is 20.1. The molecule has 150 valence electrons. The van der Waals surface area contributed by atoms with Crippen molar-refractivity contribution in [3.05, 3.63) is 71.5 Å². The summed E-state index contributed by atoms with van der Waals surface area (Å²) in [7, 11) is 0. The number of hydrogen-bond donors (Lipinski definition) is 4. The third-order valence-corrected chi connectivity index (χ3v) is 5.37. The monoisotopic (exact) mass is 392 g/mol. The maximum absolute atomic E-state index is 12.7. The molecule has 1 aliphatic carbocycles. The first-order chi connectivity index (χ1) is 14.0. The molecule has 1 heterocycles. The Morgan fingerprint density at radius 2 is 1.72 bits per heavy atom. The molecule has 2 aromatic carbocycles. The van der Waals surface area contributed by atoms with Gasteiger partial charge in [-0.3, -0.25) is 4.79 Å². The maximum Gasteiger partial charge on any atom is 0.228 e. The largest absolute Gasteiger partial charge is 0.440 e. The van der Waals surface area contributed by atoms with E-state index in [-0.39, 0.29) is 23.7 Å². The minimum absolute atomic E-state index is 0.118. The highest BCUT2D eigenvalue weighted by atomic mass is 16.5. The number of allylic oxidation sites excluding steroid dienone is 1. The number of carbonyl (C=O) groups excluding carboxylic acids is 1. The molecule has 1 fully saturated rings. The van der Waals surface area contributed by atoms with Crippen LogP contribution in [0.3, 0.4) is 0 Å². The Morgan fingerprint density at radius 3 is 2.41 bits per heavy atom. The van der Waals surface area contributed by atoms with Crippen LogP contribution in [0.1, 0.15) is 41.9 Å². The molecule has 6 N–H and O–H groups in total. The van der Waals surface area contributed by atoms with Crippen LogP contribution < -0.4 is 16.2 Å². The van der Waals surface area contributed by atoms with Crippen molar-refractivity contribution < 1.29 is 14.6 Å². The molecule has 1 saturated carbocycles. The Morgan fingerprint density at radius 1 is 1.03 bits per heavy atom. The van der Waals surface area contributed by atoms with Crippen molar-refractivity contribution in [2.24, 2.45) is 17.4 Å². The third-order valence-electron chi connectivity index (χ3n) is 5.37. The standard InChI is InChI=1S/C22H24N4O3/c23-19(13-5-9-15(27)10-6-13)21(24)29-16-11-7-14(8-12-16)20(28)22-25-17-3-1-2-4-18(17)26-22/h1-4,7-8,11-13,15,27H,5-6,9-10,23-24H2,(H,25,26)/b21-19+/t13-,15-. The highest BCUT2D eigenvalue weighted by Crippen LogP contribution is 2.29. The molecule has 7 nitrogen and oxygen atoms in total. The zero-order chi connectivity index (χ0) is 20.4. The first-order valence-corrected chi connectivity index (χ1v) is 9.72. The number of para-hydroxylation sites is 2. The summed E-state index contributed by atoms with van der Waals surface area (Å²) in [5, 5.41) is 9.62. The van der Waals surface area contributed by atoms with Crippen LogP contribution in [0.2, 0.25) is 0 Å². The van der Waals surface area contributed by atoms with Crippen molar-refractivity contribution in [1.29, 1.82) is 0 Å². The van der Waals surface area contributed by atoms with Gasteiger partial charge >= 0.3 is 0 Å². The summed E-state index contributed by atoms with van der Waals surface area (Å²) >= 11 is 0. The summed E-state index contributed by atoms with van der Waals surface area (Å²) in [6.45, 7) is 0. The Bertz CT molecular complexity index is 1010. The number of benzene rings is 2. The number of imidazole rings is 1. The molecule has 0 atom stereocenters. The smallest absolute Gasteiger partial charge is 0.228 e. The van der Waals surface area contributed by atoms with Gasteiger partial charge in [0.25, 0.3) is 0 Å². The molecule has 4 rings (SSSR count). The Hall–Kier alpha value is -3.32. The number of fused-ring (bicyclic) bond motifs is 1. The zero-order valence-electron chi connectivity index (χ0n) is 16.0. The average molecular weight is 392 g/mol. The van der Waals surface area contributed by atoms with E-state index < -0.39 is 0 Å². The molecule has 7 heteroatoms. The average Bonchev–Trinajstić information content (AvgIpc) is 3.18. The number of nitrogens with two attached hydrogens (primary N) is 2.